The summed E-state index contributed by atoms with van der Waals surface area (Å²) in [4.78, 5) is 0. The molecule has 1 saturated heterocycles. The van der Waals surface area contributed by atoms with Crippen LogP contribution < -0.4 is 5.73 Å². The van der Waals surface area contributed by atoms with Gasteiger partial charge in [0.25, 0.3) is 0 Å². The summed E-state index contributed by atoms with van der Waals surface area (Å²) < 4.78 is 5.74. The molecule has 0 aliphatic carbocycles. The van der Waals surface area contributed by atoms with E-state index < -0.39 is 0 Å². The van der Waals surface area contributed by atoms with Crippen LogP contribution >= 0.6 is 0 Å². The van der Waals surface area contributed by atoms with Gasteiger partial charge in [0.2, 0.25) is 0 Å². The van der Waals surface area contributed by atoms with E-state index in [1.807, 2.05) is 6.07 Å². The van der Waals surface area contributed by atoms with Crippen molar-refractivity contribution in [2.75, 3.05) is 6.61 Å². The lowest BCUT2D eigenvalue weighted by atomic mass is 9.81. The SMILES string of the molecule is CCCC(N)(CC1CCCO1)c1ccccc1. The first-order valence-electron chi connectivity index (χ1n) is 6.70. The van der Waals surface area contributed by atoms with Crippen LogP contribution in [0.5, 0.6) is 0 Å². The molecular formula is C15H23NO. The van der Waals surface area contributed by atoms with Crippen LogP contribution in [0.3, 0.4) is 0 Å². The lowest BCUT2D eigenvalue weighted by Crippen LogP contribution is -2.40. The zero-order valence-electron chi connectivity index (χ0n) is 10.7. The molecule has 1 heterocycles. The van der Waals surface area contributed by atoms with E-state index in [2.05, 4.69) is 31.2 Å². The summed E-state index contributed by atoms with van der Waals surface area (Å²) in [7, 11) is 0. The van der Waals surface area contributed by atoms with Crippen molar-refractivity contribution in [1.29, 1.82) is 0 Å². The Hall–Kier alpha value is -0.860. The number of rotatable bonds is 5. The van der Waals surface area contributed by atoms with Crippen LogP contribution in [0.4, 0.5) is 0 Å². The first-order valence-corrected chi connectivity index (χ1v) is 6.70. The minimum atomic E-state index is -0.217. The van der Waals surface area contributed by atoms with E-state index in [1.54, 1.807) is 0 Å². The van der Waals surface area contributed by atoms with E-state index in [1.165, 1.54) is 12.0 Å². The van der Waals surface area contributed by atoms with Crippen molar-refractivity contribution in [3.63, 3.8) is 0 Å². The van der Waals surface area contributed by atoms with Crippen LogP contribution in [-0.4, -0.2) is 12.7 Å². The first-order chi connectivity index (χ1) is 8.24. The van der Waals surface area contributed by atoms with E-state index in [0.29, 0.717) is 6.10 Å². The predicted octanol–water partition coefficient (Wildman–Crippen LogP) is 3.21. The first kappa shape index (κ1) is 12.6. The Labute approximate surface area is 104 Å². The molecule has 2 N–H and O–H groups in total. The quantitative estimate of drug-likeness (QED) is 0.847. The minimum absolute atomic E-state index is 0.217. The highest BCUT2D eigenvalue weighted by atomic mass is 16.5. The Morgan fingerprint density at radius 2 is 2.12 bits per heavy atom. The molecule has 2 unspecified atom stereocenters. The van der Waals surface area contributed by atoms with Gasteiger partial charge in [0.05, 0.1) is 6.10 Å². The zero-order valence-corrected chi connectivity index (χ0v) is 10.7. The highest BCUT2D eigenvalue weighted by Gasteiger charge is 2.31. The lowest BCUT2D eigenvalue weighted by molar-refractivity contribution is 0.0804. The molecule has 1 aromatic rings. The number of hydrogen-bond acceptors (Lipinski definition) is 2. The standard InChI is InChI=1S/C15H23NO/c1-2-10-15(16,12-14-9-6-11-17-14)13-7-4-3-5-8-13/h3-5,7-8,14H,2,6,9-12,16H2,1H3. The van der Waals surface area contributed by atoms with Crippen molar-refractivity contribution >= 4 is 0 Å². The summed E-state index contributed by atoms with van der Waals surface area (Å²) in [6, 6.07) is 10.5. The van der Waals surface area contributed by atoms with E-state index in [4.69, 9.17) is 10.5 Å². The third-order valence-corrected chi connectivity index (χ3v) is 3.66. The molecule has 94 valence electrons. The van der Waals surface area contributed by atoms with Crippen LogP contribution in [0, 0.1) is 0 Å². The lowest BCUT2D eigenvalue weighted by Gasteiger charge is -2.32. The zero-order chi connectivity index (χ0) is 12.1. The molecule has 0 bridgehead atoms. The molecule has 0 radical (unpaired) electrons. The normalized spacial score (nSPS) is 23.5. The van der Waals surface area contributed by atoms with Crippen molar-refractivity contribution in [3.8, 4) is 0 Å². The average molecular weight is 233 g/mol. The molecule has 1 aliphatic rings. The van der Waals surface area contributed by atoms with Gasteiger partial charge in [-0.1, -0.05) is 43.7 Å². The molecule has 1 fully saturated rings. The maximum absolute atomic E-state index is 6.63. The third-order valence-electron chi connectivity index (χ3n) is 3.66. The van der Waals surface area contributed by atoms with E-state index in [0.717, 1.165) is 32.3 Å². The van der Waals surface area contributed by atoms with Crippen LogP contribution in [0.2, 0.25) is 0 Å². The molecule has 2 heteroatoms. The molecule has 0 spiro atoms. The largest absolute Gasteiger partial charge is 0.378 e. The fraction of sp³-hybridized carbons (Fsp3) is 0.600. The van der Waals surface area contributed by atoms with Gasteiger partial charge in [0, 0.05) is 12.1 Å². The highest BCUT2D eigenvalue weighted by Crippen LogP contribution is 2.32. The summed E-state index contributed by atoms with van der Waals surface area (Å²) in [5, 5.41) is 0. The van der Waals surface area contributed by atoms with E-state index >= 15 is 0 Å². The van der Waals surface area contributed by atoms with Crippen LogP contribution in [0.1, 0.15) is 44.6 Å². The van der Waals surface area contributed by atoms with Crippen molar-refractivity contribution in [2.24, 2.45) is 5.73 Å². The van der Waals surface area contributed by atoms with Crippen LogP contribution in [-0.2, 0) is 10.3 Å². The van der Waals surface area contributed by atoms with Gasteiger partial charge in [-0.25, -0.2) is 0 Å². The van der Waals surface area contributed by atoms with Crippen LogP contribution in [0.25, 0.3) is 0 Å². The molecule has 2 rings (SSSR count). The molecule has 1 aromatic carbocycles. The van der Waals surface area contributed by atoms with Crippen molar-refractivity contribution < 1.29 is 4.74 Å². The molecule has 2 atom stereocenters. The average Bonchev–Trinajstić information content (AvgIpc) is 2.83. The second kappa shape index (κ2) is 5.65. The minimum Gasteiger partial charge on any atom is -0.378 e. The number of ether oxygens (including phenoxy) is 1. The molecule has 0 amide bonds. The molecule has 1 aliphatic heterocycles. The van der Waals surface area contributed by atoms with Gasteiger partial charge in [-0.2, -0.15) is 0 Å². The number of benzene rings is 1. The highest BCUT2D eigenvalue weighted by molar-refractivity contribution is 5.24. The number of hydrogen-bond donors (Lipinski definition) is 1. The van der Waals surface area contributed by atoms with E-state index in [-0.39, 0.29) is 5.54 Å². The van der Waals surface area contributed by atoms with Crippen LogP contribution in [0.15, 0.2) is 30.3 Å². The summed E-state index contributed by atoms with van der Waals surface area (Å²) in [6.07, 6.45) is 5.78. The summed E-state index contributed by atoms with van der Waals surface area (Å²) in [5.74, 6) is 0. The summed E-state index contributed by atoms with van der Waals surface area (Å²) in [5.41, 5.74) is 7.66. The Morgan fingerprint density at radius 1 is 1.35 bits per heavy atom. The van der Waals surface area contributed by atoms with Crippen molar-refractivity contribution in [3.05, 3.63) is 35.9 Å². The third kappa shape index (κ3) is 3.08. The molecule has 17 heavy (non-hydrogen) atoms. The Kier molecular flexibility index (Phi) is 4.19. The topological polar surface area (TPSA) is 35.2 Å². The maximum Gasteiger partial charge on any atom is 0.0596 e. The second-order valence-electron chi connectivity index (χ2n) is 5.11. The predicted molar refractivity (Wildman–Crippen MR) is 70.8 cm³/mol. The van der Waals surface area contributed by atoms with Gasteiger partial charge in [0.15, 0.2) is 0 Å². The fourth-order valence-electron chi connectivity index (χ4n) is 2.79. The fourth-order valence-corrected chi connectivity index (χ4v) is 2.79. The van der Waals surface area contributed by atoms with Gasteiger partial charge in [-0.05, 0) is 31.2 Å². The maximum atomic E-state index is 6.63. The van der Waals surface area contributed by atoms with E-state index in [9.17, 15) is 0 Å². The smallest absolute Gasteiger partial charge is 0.0596 e. The monoisotopic (exact) mass is 233 g/mol. The summed E-state index contributed by atoms with van der Waals surface area (Å²) in [6.45, 7) is 3.10. The molecule has 2 nitrogen and oxygen atoms in total. The van der Waals surface area contributed by atoms with Gasteiger partial charge in [0.1, 0.15) is 0 Å². The molecule has 0 saturated carbocycles. The van der Waals surface area contributed by atoms with Gasteiger partial charge in [-0.15, -0.1) is 0 Å². The summed E-state index contributed by atoms with van der Waals surface area (Å²) >= 11 is 0. The van der Waals surface area contributed by atoms with Crippen molar-refractivity contribution in [1.82, 2.24) is 0 Å². The molecular weight excluding hydrogens is 210 g/mol. The Bertz CT molecular complexity index is 332. The van der Waals surface area contributed by atoms with Gasteiger partial charge >= 0.3 is 0 Å². The van der Waals surface area contributed by atoms with Gasteiger partial charge < -0.3 is 10.5 Å². The van der Waals surface area contributed by atoms with Crippen molar-refractivity contribution in [2.45, 2.75) is 50.7 Å². The Balaban J connectivity index is 2.13. The number of nitrogens with two attached hydrogens (primary N) is 1. The molecule has 0 aromatic heterocycles. The van der Waals surface area contributed by atoms with Gasteiger partial charge in [-0.3, -0.25) is 0 Å². The second-order valence-corrected chi connectivity index (χ2v) is 5.11. The Morgan fingerprint density at radius 3 is 2.71 bits per heavy atom.